The third-order valence-electron chi connectivity index (χ3n) is 4.99. The van der Waals surface area contributed by atoms with E-state index < -0.39 is 0 Å². The highest BCUT2D eigenvalue weighted by molar-refractivity contribution is 5.87. The highest BCUT2D eigenvalue weighted by Crippen LogP contribution is 2.25. The molecule has 8 nitrogen and oxygen atoms in total. The van der Waals surface area contributed by atoms with Crippen molar-refractivity contribution in [3.8, 4) is 18.0 Å². The summed E-state index contributed by atoms with van der Waals surface area (Å²) in [6.07, 6.45) is 9.56. The number of terminal acetylenes is 1. The minimum absolute atomic E-state index is 0.0371. The lowest BCUT2D eigenvalue weighted by Gasteiger charge is -2.22. The maximum Gasteiger partial charge on any atom is 0.234 e. The van der Waals surface area contributed by atoms with Gasteiger partial charge in [0.15, 0.2) is 5.65 Å². The number of hydrogen-bond donors (Lipinski definition) is 1. The Balaban J connectivity index is 1.51. The van der Waals surface area contributed by atoms with Gasteiger partial charge in [-0.15, -0.1) is 6.42 Å². The normalized spacial score (nSPS) is 15.1. The van der Waals surface area contributed by atoms with Gasteiger partial charge < -0.3 is 10.2 Å². The monoisotopic (exact) mass is 389 g/mol. The zero-order valence-corrected chi connectivity index (χ0v) is 16.2. The van der Waals surface area contributed by atoms with E-state index in [0.29, 0.717) is 6.54 Å². The number of hydrogen-bond acceptors (Lipinski definition) is 6. The van der Waals surface area contributed by atoms with Crippen molar-refractivity contribution in [3.05, 3.63) is 42.9 Å². The van der Waals surface area contributed by atoms with Crippen LogP contribution in [0, 0.1) is 12.3 Å². The molecule has 3 heterocycles. The fraction of sp³-hybridized carbons (Fsp3) is 0.333. The summed E-state index contributed by atoms with van der Waals surface area (Å²) in [7, 11) is 0. The van der Waals surface area contributed by atoms with Crippen molar-refractivity contribution in [1.82, 2.24) is 30.0 Å². The zero-order chi connectivity index (χ0) is 20.1. The van der Waals surface area contributed by atoms with E-state index in [4.69, 9.17) is 6.42 Å². The molecule has 1 N–H and O–H groups in total. The molecule has 8 heteroatoms. The van der Waals surface area contributed by atoms with Crippen LogP contribution in [0.5, 0.6) is 0 Å². The van der Waals surface area contributed by atoms with E-state index in [-0.39, 0.29) is 12.5 Å². The Bertz CT molecular complexity index is 1020. The third kappa shape index (κ3) is 4.20. The first-order valence-corrected chi connectivity index (χ1v) is 9.68. The molecule has 0 radical (unpaired) electrons. The van der Waals surface area contributed by atoms with Gasteiger partial charge in [-0.2, -0.15) is 5.10 Å². The minimum atomic E-state index is -0.0371. The van der Waals surface area contributed by atoms with E-state index in [2.05, 4.69) is 36.1 Å². The molecule has 1 aliphatic rings. The van der Waals surface area contributed by atoms with Gasteiger partial charge in [-0.05, 0) is 18.6 Å². The third-order valence-corrected chi connectivity index (χ3v) is 4.99. The number of carbonyl (C=O) groups is 1. The molecule has 0 saturated carbocycles. The van der Waals surface area contributed by atoms with Gasteiger partial charge in [-0.3, -0.25) is 9.69 Å². The average Bonchev–Trinajstić information content (AvgIpc) is 3.06. The van der Waals surface area contributed by atoms with Gasteiger partial charge in [-0.1, -0.05) is 24.1 Å². The lowest BCUT2D eigenvalue weighted by Crippen LogP contribution is -2.39. The van der Waals surface area contributed by atoms with E-state index in [0.717, 1.165) is 55.1 Å². The van der Waals surface area contributed by atoms with Crippen molar-refractivity contribution >= 4 is 22.8 Å². The standard InChI is InChI=1S/C21H23N7O/c1-2-9-22-19(29)15-26-10-6-11-27(13-12-26)20-18-14-25-28(21(18)24-16-23-20)17-7-4-3-5-8-17/h1,3-5,7-8,14,16H,6,9-13,15H2,(H,22,29). The first-order valence-electron chi connectivity index (χ1n) is 9.68. The van der Waals surface area contributed by atoms with E-state index in [1.165, 1.54) is 0 Å². The second-order valence-electron chi connectivity index (χ2n) is 6.92. The predicted molar refractivity (Wildman–Crippen MR) is 112 cm³/mol. The van der Waals surface area contributed by atoms with E-state index in [1.54, 1.807) is 6.33 Å². The highest BCUT2D eigenvalue weighted by Gasteiger charge is 2.21. The summed E-state index contributed by atoms with van der Waals surface area (Å²) in [4.78, 5) is 25.4. The molecule has 3 aromatic rings. The number of rotatable bonds is 5. The van der Waals surface area contributed by atoms with E-state index in [1.807, 2.05) is 41.2 Å². The molecule has 1 aromatic carbocycles. The molecule has 0 atom stereocenters. The van der Waals surface area contributed by atoms with Gasteiger partial charge in [0, 0.05) is 26.2 Å². The molecule has 0 spiro atoms. The lowest BCUT2D eigenvalue weighted by atomic mass is 10.3. The summed E-state index contributed by atoms with van der Waals surface area (Å²) in [6.45, 7) is 3.92. The van der Waals surface area contributed by atoms with Gasteiger partial charge in [-0.25, -0.2) is 14.6 Å². The molecule has 0 aliphatic carbocycles. The summed E-state index contributed by atoms with van der Waals surface area (Å²) in [5.41, 5.74) is 1.75. The van der Waals surface area contributed by atoms with Crippen LogP contribution in [0.1, 0.15) is 6.42 Å². The van der Waals surface area contributed by atoms with Crippen LogP contribution in [0.4, 0.5) is 5.82 Å². The number of anilines is 1. The van der Waals surface area contributed by atoms with Crippen molar-refractivity contribution in [2.24, 2.45) is 0 Å². The Morgan fingerprint density at radius 3 is 2.83 bits per heavy atom. The Morgan fingerprint density at radius 1 is 1.14 bits per heavy atom. The number of amides is 1. The van der Waals surface area contributed by atoms with Gasteiger partial charge in [0.05, 0.1) is 30.4 Å². The summed E-state index contributed by atoms with van der Waals surface area (Å²) >= 11 is 0. The maximum atomic E-state index is 12.0. The Hall–Kier alpha value is -3.44. The van der Waals surface area contributed by atoms with E-state index in [9.17, 15) is 4.79 Å². The summed E-state index contributed by atoms with van der Waals surface area (Å²) < 4.78 is 1.83. The molecule has 1 fully saturated rings. The van der Waals surface area contributed by atoms with Crippen LogP contribution in [0.25, 0.3) is 16.7 Å². The fourth-order valence-corrected chi connectivity index (χ4v) is 3.59. The average molecular weight is 389 g/mol. The highest BCUT2D eigenvalue weighted by atomic mass is 16.2. The number of carbonyl (C=O) groups excluding carboxylic acids is 1. The number of nitrogens with one attached hydrogen (secondary N) is 1. The smallest absolute Gasteiger partial charge is 0.234 e. The number of nitrogens with zero attached hydrogens (tertiary/aromatic N) is 6. The van der Waals surface area contributed by atoms with Crippen molar-refractivity contribution in [3.63, 3.8) is 0 Å². The number of benzene rings is 1. The second-order valence-corrected chi connectivity index (χ2v) is 6.92. The first kappa shape index (κ1) is 18.9. The molecule has 2 aromatic heterocycles. The Labute approximate surface area is 169 Å². The van der Waals surface area contributed by atoms with Crippen LogP contribution in [-0.2, 0) is 4.79 Å². The molecule has 0 bridgehead atoms. The molecule has 1 aliphatic heterocycles. The Morgan fingerprint density at radius 2 is 2.00 bits per heavy atom. The molecule has 1 saturated heterocycles. The fourth-order valence-electron chi connectivity index (χ4n) is 3.59. The van der Waals surface area contributed by atoms with Crippen LogP contribution < -0.4 is 10.2 Å². The molecule has 4 rings (SSSR count). The maximum absolute atomic E-state index is 12.0. The number of fused-ring (bicyclic) bond motifs is 1. The van der Waals surface area contributed by atoms with Crippen molar-refractivity contribution < 1.29 is 4.79 Å². The van der Waals surface area contributed by atoms with E-state index >= 15 is 0 Å². The van der Waals surface area contributed by atoms with Crippen LogP contribution in [-0.4, -0.2) is 69.8 Å². The largest absolute Gasteiger partial charge is 0.355 e. The molecular formula is C21H23N7O. The van der Waals surface area contributed by atoms with Gasteiger partial charge in [0.1, 0.15) is 12.1 Å². The number of para-hydroxylation sites is 1. The lowest BCUT2D eigenvalue weighted by molar-refractivity contribution is -0.121. The minimum Gasteiger partial charge on any atom is -0.355 e. The van der Waals surface area contributed by atoms with Gasteiger partial charge in [0.2, 0.25) is 5.91 Å². The first-order chi connectivity index (χ1) is 14.3. The molecule has 0 unspecified atom stereocenters. The summed E-state index contributed by atoms with van der Waals surface area (Å²) in [5, 5.41) is 8.19. The quantitative estimate of drug-likeness (QED) is 0.658. The predicted octanol–water partition coefficient (Wildman–Crippen LogP) is 1.08. The molecular weight excluding hydrogens is 366 g/mol. The van der Waals surface area contributed by atoms with Crippen molar-refractivity contribution in [2.75, 3.05) is 44.2 Å². The van der Waals surface area contributed by atoms with Crippen LogP contribution >= 0.6 is 0 Å². The van der Waals surface area contributed by atoms with Crippen LogP contribution in [0.2, 0.25) is 0 Å². The summed E-state index contributed by atoms with van der Waals surface area (Å²) in [5.74, 6) is 3.27. The van der Waals surface area contributed by atoms with Gasteiger partial charge in [0.25, 0.3) is 0 Å². The molecule has 1 amide bonds. The second kappa shape index (κ2) is 8.71. The van der Waals surface area contributed by atoms with Crippen LogP contribution in [0.3, 0.4) is 0 Å². The topological polar surface area (TPSA) is 79.2 Å². The van der Waals surface area contributed by atoms with Crippen molar-refractivity contribution in [1.29, 1.82) is 0 Å². The molecule has 148 valence electrons. The Kier molecular flexibility index (Phi) is 5.68. The van der Waals surface area contributed by atoms with Crippen LogP contribution in [0.15, 0.2) is 42.9 Å². The number of aromatic nitrogens is 4. The molecule has 29 heavy (non-hydrogen) atoms. The van der Waals surface area contributed by atoms with Gasteiger partial charge >= 0.3 is 0 Å². The SMILES string of the molecule is C#CCNC(=O)CN1CCCN(c2ncnc3c2cnn3-c2ccccc2)CC1. The summed E-state index contributed by atoms with van der Waals surface area (Å²) in [6, 6.07) is 9.94. The van der Waals surface area contributed by atoms with Crippen molar-refractivity contribution in [2.45, 2.75) is 6.42 Å². The zero-order valence-electron chi connectivity index (χ0n) is 16.2.